The van der Waals surface area contributed by atoms with Gasteiger partial charge < -0.3 is 19.4 Å². The van der Waals surface area contributed by atoms with E-state index in [-0.39, 0.29) is 23.8 Å². The Bertz CT molecular complexity index is 813. The van der Waals surface area contributed by atoms with E-state index in [2.05, 4.69) is 5.32 Å². The lowest BCUT2D eigenvalue weighted by Crippen LogP contribution is -2.47. The van der Waals surface area contributed by atoms with Crippen LogP contribution in [0.2, 0.25) is 0 Å². The van der Waals surface area contributed by atoms with Crippen LogP contribution >= 0.6 is 0 Å². The van der Waals surface area contributed by atoms with E-state index in [1.165, 1.54) is 0 Å². The molecule has 2 saturated heterocycles. The number of nitrogens with one attached hydrogen (secondary N) is 1. The Kier molecular flexibility index (Phi) is 3.95. The predicted molar refractivity (Wildman–Crippen MR) is 91.3 cm³/mol. The fourth-order valence-electron chi connectivity index (χ4n) is 3.66. The molecule has 2 amide bonds. The number of benzene rings is 1. The lowest BCUT2D eigenvalue weighted by atomic mass is 9.93. The number of nitrogens with zero attached hydrogens (tertiary/aromatic N) is 1. The molecule has 0 saturated carbocycles. The fraction of sp³-hybridized carbons (Fsp3) is 0.368. The van der Waals surface area contributed by atoms with E-state index in [0.717, 1.165) is 17.7 Å². The number of piperidine rings is 1. The molecule has 130 valence electrons. The highest BCUT2D eigenvalue weighted by molar-refractivity contribution is 5.92. The van der Waals surface area contributed by atoms with Crippen LogP contribution in [0.5, 0.6) is 5.75 Å². The molecule has 25 heavy (non-hydrogen) atoms. The Morgan fingerprint density at radius 1 is 1.32 bits per heavy atom. The maximum atomic E-state index is 12.7. The normalized spacial score (nSPS) is 22.4. The Morgan fingerprint density at radius 3 is 3.04 bits per heavy atom. The summed E-state index contributed by atoms with van der Waals surface area (Å²) in [5.41, 5.74) is 0.864. The molecular weight excluding hydrogens is 320 g/mol. The third-order valence-corrected chi connectivity index (χ3v) is 4.99. The second-order valence-electron chi connectivity index (χ2n) is 6.57. The van der Waals surface area contributed by atoms with Gasteiger partial charge in [-0.15, -0.1) is 0 Å². The second kappa shape index (κ2) is 6.27. The second-order valence-corrected chi connectivity index (χ2v) is 6.57. The maximum absolute atomic E-state index is 12.7. The summed E-state index contributed by atoms with van der Waals surface area (Å²) in [7, 11) is 1.61. The third kappa shape index (κ3) is 2.99. The minimum atomic E-state index is -0.119. The van der Waals surface area contributed by atoms with E-state index < -0.39 is 0 Å². The Hall–Kier alpha value is -2.76. The van der Waals surface area contributed by atoms with E-state index >= 15 is 0 Å². The zero-order valence-electron chi connectivity index (χ0n) is 14.0. The zero-order chi connectivity index (χ0) is 17.4. The van der Waals surface area contributed by atoms with Crippen molar-refractivity contribution in [3.63, 3.8) is 0 Å². The summed E-state index contributed by atoms with van der Waals surface area (Å²) < 4.78 is 11.0. The monoisotopic (exact) mass is 340 g/mol. The van der Waals surface area contributed by atoms with E-state index in [0.29, 0.717) is 31.0 Å². The highest BCUT2D eigenvalue weighted by Crippen LogP contribution is 2.29. The van der Waals surface area contributed by atoms with Crippen molar-refractivity contribution in [2.45, 2.75) is 18.9 Å². The Labute approximate surface area is 145 Å². The summed E-state index contributed by atoms with van der Waals surface area (Å²) in [5, 5.41) is 2.98. The molecule has 2 aliphatic heterocycles. The molecule has 6 nitrogen and oxygen atoms in total. The molecule has 0 spiro atoms. The van der Waals surface area contributed by atoms with Crippen molar-refractivity contribution in [2.75, 3.05) is 20.2 Å². The molecule has 4 rings (SSSR count). The van der Waals surface area contributed by atoms with Gasteiger partial charge in [-0.05, 0) is 30.7 Å². The Balaban J connectivity index is 1.50. The summed E-state index contributed by atoms with van der Waals surface area (Å²) >= 11 is 0. The number of likely N-dealkylation sites (tertiary alicyclic amines) is 1. The molecule has 2 aliphatic rings. The highest BCUT2D eigenvalue weighted by atomic mass is 16.5. The first-order valence-corrected chi connectivity index (χ1v) is 8.47. The number of hydrogen-bond acceptors (Lipinski definition) is 4. The minimum Gasteiger partial charge on any atom is -0.497 e. The molecule has 1 aromatic carbocycles. The van der Waals surface area contributed by atoms with Crippen molar-refractivity contribution in [1.82, 2.24) is 10.2 Å². The average molecular weight is 340 g/mol. The van der Waals surface area contributed by atoms with Gasteiger partial charge in [-0.2, -0.15) is 0 Å². The van der Waals surface area contributed by atoms with Gasteiger partial charge in [0.05, 0.1) is 7.11 Å². The van der Waals surface area contributed by atoms with E-state index in [9.17, 15) is 9.59 Å². The van der Waals surface area contributed by atoms with Gasteiger partial charge in [0.15, 0.2) is 5.76 Å². The van der Waals surface area contributed by atoms with Crippen molar-refractivity contribution in [3.8, 4) is 17.1 Å². The summed E-state index contributed by atoms with van der Waals surface area (Å²) in [6, 6.07) is 11.2. The number of ether oxygens (including phenoxy) is 1. The molecule has 0 aliphatic carbocycles. The summed E-state index contributed by atoms with van der Waals surface area (Å²) in [4.78, 5) is 26.1. The molecule has 1 aromatic heterocycles. The summed E-state index contributed by atoms with van der Waals surface area (Å²) in [6.45, 7) is 1.23. The fourth-order valence-corrected chi connectivity index (χ4v) is 3.66. The minimum absolute atomic E-state index is 0.0857. The standard InChI is InChI=1S/C19H20N2O4/c1-24-14-4-2-3-12(9-14)16-5-6-17(25-16)19(23)21-8-7-15-13(11-21)10-18(22)20-15/h2-6,9,13,15H,7-8,10-11H2,1H3,(H,20,22)/t13-,15+/m1/s1. The highest BCUT2D eigenvalue weighted by Gasteiger charge is 2.38. The smallest absolute Gasteiger partial charge is 0.289 e. The largest absolute Gasteiger partial charge is 0.497 e. The average Bonchev–Trinajstić information content (AvgIpc) is 3.26. The van der Waals surface area contributed by atoms with Crippen LogP contribution in [-0.2, 0) is 4.79 Å². The van der Waals surface area contributed by atoms with Crippen LogP contribution in [0.4, 0.5) is 0 Å². The molecule has 2 fully saturated rings. The van der Waals surface area contributed by atoms with Gasteiger partial charge in [0.2, 0.25) is 5.91 Å². The number of hydrogen-bond donors (Lipinski definition) is 1. The van der Waals surface area contributed by atoms with Crippen LogP contribution in [0.3, 0.4) is 0 Å². The van der Waals surface area contributed by atoms with Gasteiger partial charge in [-0.1, -0.05) is 12.1 Å². The van der Waals surface area contributed by atoms with Gasteiger partial charge in [0, 0.05) is 37.0 Å². The molecule has 6 heteroatoms. The van der Waals surface area contributed by atoms with Crippen molar-refractivity contribution >= 4 is 11.8 Å². The molecule has 0 bridgehead atoms. The number of fused-ring (bicyclic) bond motifs is 1. The molecular formula is C19H20N2O4. The summed E-state index contributed by atoms with van der Waals surface area (Å²) in [6.07, 6.45) is 1.30. The number of amides is 2. The molecule has 0 radical (unpaired) electrons. The van der Waals surface area contributed by atoms with E-state index in [1.807, 2.05) is 24.3 Å². The molecule has 0 unspecified atom stereocenters. The van der Waals surface area contributed by atoms with Crippen molar-refractivity contribution < 1.29 is 18.7 Å². The van der Waals surface area contributed by atoms with Crippen LogP contribution in [0.25, 0.3) is 11.3 Å². The van der Waals surface area contributed by atoms with E-state index in [1.54, 1.807) is 24.1 Å². The van der Waals surface area contributed by atoms with Gasteiger partial charge in [0.25, 0.3) is 5.91 Å². The van der Waals surface area contributed by atoms with Crippen molar-refractivity contribution in [3.05, 3.63) is 42.2 Å². The SMILES string of the molecule is COc1cccc(-c2ccc(C(=O)N3CC[C@@H]4NC(=O)C[C@@H]4C3)o2)c1. The van der Waals surface area contributed by atoms with Crippen molar-refractivity contribution in [2.24, 2.45) is 5.92 Å². The van der Waals surface area contributed by atoms with Gasteiger partial charge in [-0.25, -0.2) is 0 Å². The summed E-state index contributed by atoms with van der Waals surface area (Å²) in [5.74, 6) is 1.87. The molecule has 3 heterocycles. The first kappa shape index (κ1) is 15.7. The number of rotatable bonds is 3. The molecule has 2 aromatic rings. The van der Waals surface area contributed by atoms with Crippen LogP contribution < -0.4 is 10.1 Å². The number of furan rings is 1. The van der Waals surface area contributed by atoms with Crippen LogP contribution in [0.1, 0.15) is 23.4 Å². The lowest BCUT2D eigenvalue weighted by Gasteiger charge is -2.33. The van der Waals surface area contributed by atoms with E-state index in [4.69, 9.17) is 9.15 Å². The topological polar surface area (TPSA) is 71.8 Å². The lowest BCUT2D eigenvalue weighted by molar-refractivity contribution is -0.119. The van der Waals surface area contributed by atoms with Crippen LogP contribution in [0.15, 0.2) is 40.8 Å². The number of carbonyl (C=O) groups is 2. The number of methoxy groups -OCH3 is 1. The first-order valence-electron chi connectivity index (χ1n) is 8.47. The van der Waals surface area contributed by atoms with Gasteiger partial charge in [0.1, 0.15) is 11.5 Å². The quantitative estimate of drug-likeness (QED) is 0.931. The Morgan fingerprint density at radius 2 is 2.20 bits per heavy atom. The van der Waals surface area contributed by atoms with Gasteiger partial charge in [-0.3, -0.25) is 9.59 Å². The van der Waals surface area contributed by atoms with Crippen LogP contribution in [0, 0.1) is 5.92 Å². The molecule has 2 atom stereocenters. The zero-order valence-corrected chi connectivity index (χ0v) is 14.0. The first-order chi connectivity index (χ1) is 12.1. The van der Waals surface area contributed by atoms with Crippen LogP contribution in [-0.4, -0.2) is 43.0 Å². The predicted octanol–water partition coefficient (Wildman–Crippen LogP) is 2.31. The van der Waals surface area contributed by atoms with Crippen molar-refractivity contribution in [1.29, 1.82) is 0 Å². The third-order valence-electron chi connectivity index (χ3n) is 4.99. The number of carbonyl (C=O) groups excluding carboxylic acids is 2. The maximum Gasteiger partial charge on any atom is 0.289 e. The van der Waals surface area contributed by atoms with Gasteiger partial charge >= 0.3 is 0 Å². The molecule has 1 N–H and O–H groups in total.